The van der Waals surface area contributed by atoms with Crippen LogP contribution >= 0.6 is 0 Å². The lowest BCUT2D eigenvalue weighted by Gasteiger charge is -2.27. The van der Waals surface area contributed by atoms with Crippen molar-refractivity contribution >= 4 is 0 Å². The highest BCUT2D eigenvalue weighted by Crippen LogP contribution is 2.40. The monoisotopic (exact) mass is 402 g/mol. The number of benzene rings is 3. The third-order valence-electron chi connectivity index (χ3n) is 5.71. The van der Waals surface area contributed by atoms with Gasteiger partial charge in [-0.05, 0) is 84.2 Å². The van der Waals surface area contributed by atoms with Crippen LogP contribution in [-0.4, -0.2) is 0 Å². The van der Waals surface area contributed by atoms with Crippen molar-refractivity contribution in [3.8, 4) is 11.1 Å². The molecule has 0 spiro atoms. The van der Waals surface area contributed by atoms with Gasteiger partial charge in [0, 0.05) is 5.56 Å². The van der Waals surface area contributed by atoms with Gasteiger partial charge in [-0.2, -0.15) is 0 Å². The summed E-state index contributed by atoms with van der Waals surface area (Å²) in [5.41, 5.74) is 1.37. The van der Waals surface area contributed by atoms with Crippen molar-refractivity contribution in [1.29, 1.82) is 0 Å². The molecule has 0 radical (unpaired) electrons. The Morgan fingerprint density at radius 3 is 2.14 bits per heavy atom. The molecule has 4 rings (SSSR count). The Hall–Kier alpha value is -2.69. The smallest absolute Gasteiger partial charge is 0.137 e. The molecule has 29 heavy (non-hydrogen) atoms. The molecule has 150 valence electrons. The molecule has 1 unspecified atom stereocenters. The van der Waals surface area contributed by atoms with E-state index in [2.05, 4.69) is 0 Å². The fourth-order valence-corrected chi connectivity index (χ4v) is 4.21. The van der Waals surface area contributed by atoms with Gasteiger partial charge in [0.15, 0.2) is 0 Å². The van der Waals surface area contributed by atoms with E-state index < -0.39 is 35.0 Å². The van der Waals surface area contributed by atoms with Crippen molar-refractivity contribution in [2.24, 2.45) is 0 Å². The number of rotatable bonds is 3. The van der Waals surface area contributed by atoms with Gasteiger partial charge in [0.25, 0.3) is 0 Å². The molecule has 0 aromatic heterocycles. The molecular weight excluding hydrogens is 383 g/mol. The summed E-state index contributed by atoms with van der Waals surface area (Å²) in [6.45, 7) is 1.81. The van der Waals surface area contributed by atoms with Gasteiger partial charge in [-0.25, -0.2) is 22.0 Å². The van der Waals surface area contributed by atoms with Crippen LogP contribution in [0.3, 0.4) is 0 Å². The molecule has 0 bridgehead atoms. The molecule has 0 heterocycles. The molecule has 0 amide bonds. The van der Waals surface area contributed by atoms with E-state index in [0.29, 0.717) is 29.5 Å². The van der Waals surface area contributed by atoms with E-state index in [1.807, 2.05) is 6.92 Å². The second-order valence-electron chi connectivity index (χ2n) is 7.46. The summed E-state index contributed by atoms with van der Waals surface area (Å²) in [6, 6.07) is 8.84. The van der Waals surface area contributed by atoms with Gasteiger partial charge in [-0.3, -0.25) is 0 Å². The molecule has 5 heteroatoms. The normalized spacial score (nSPS) is 16.0. The van der Waals surface area contributed by atoms with E-state index >= 15 is 4.39 Å². The Kier molecular flexibility index (Phi) is 5.15. The van der Waals surface area contributed by atoms with E-state index in [1.165, 1.54) is 30.3 Å². The summed E-state index contributed by atoms with van der Waals surface area (Å²) in [5.74, 6) is -3.65. The molecule has 3 aromatic rings. The maximum absolute atomic E-state index is 15.1. The number of aryl methyl sites for hydroxylation is 1. The Morgan fingerprint density at radius 1 is 0.862 bits per heavy atom. The lowest BCUT2D eigenvalue weighted by atomic mass is 9.78. The summed E-state index contributed by atoms with van der Waals surface area (Å²) in [6.07, 6.45) is 1.28. The molecule has 3 aromatic carbocycles. The van der Waals surface area contributed by atoms with E-state index in [0.717, 1.165) is 12.1 Å². The Bertz CT molecular complexity index is 1050. The largest absolute Gasteiger partial charge is 0.207 e. The maximum atomic E-state index is 15.1. The SMILES string of the molecule is CCc1cc(F)c(C2CCc3c(cc(F)c(-c4ccc(F)cc4)c3F)C2)c(F)c1. The highest BCUT2D eigenvalue weighted by atomic mass is 19.1. The second kappa shape index (κ2) is 7.62. The number of fused-ring (bicyclic) bond motifs is 1. The van der Waals surface area contributed by atoms with Crippen LogP contribution in [-0.2, 0) is 19.3 Å². The third kappa shape index (κ3) is 3.54. The topological polar surface area (TPSA) is 0 Å². The number of hydrogen-bond donors (Lipinski definition) is 0. The molecule has 0 saturated heterocycles. The zero-order chi connectivity index (χ0) is 20.7. The van der Waals surface area contributed by atoms with Crippen molar-refractivity contribution < 1.29 is 22.0 Å². The van der Waals surface area contributed by atoms with Crippen molar-refractivity contribution in [2.75, 3.05) is 0 Å². The van der Waals surface area contributed by atoms with Gasteiger partial charge in [-0.1, -0.05) is 19.1 Å². The average molecular weight is 402 g/mol. The predicted octanol–water partition coefficient (Wildman–Crippen LogP) is 6.88. The first-order valence-corrected chi connectivity index (χ1v) is 9.62. The summed E-state index contributed by atoms with van der Waals surface area (Å²) >= 11 is 0. The molecule has 0 nitrogen and oxygen atoms in total. The van der Waals surface area contributed by atoms with Gasteiger partial charge < -0.3 is 0 Å². The van der Waals surface area contributed by atoms with Gasteiger partial charge >= 0.3 is 0 Å². The van der Waals surface area contributed by atoms with Crippen LogP contribution in [0.5, 0.6) is 0 Å². The molecule has 0 N–H and O–H groups in total. The van der Waals surface area contributed by atoms with Crippen LogP contribution in [0.1, 0.15) is 41.5 Å². The van der Waals surface area contributed by atoms with Crippen molar-refractivity contribution in [3.63, 3.8) is 0 Å². The van der Waals surface area contributed by atoms with E-state index in [4.69, 9.17) is 0 Å². The zero-order valence-corrected chi connectivity index (χ0v) is 15.8. The van der Waals surface area contributed by atoms with Gasteiger partial charge in [0.05, 0.1) is 5.56 Å². The van der Waals surface area contributed by atoms with Crippen LogP contribution in [0.4, 0.5) is 22.0 Å². The highest BCUT2D eigenvalue weighted by molar-refractivity contribution is 5.67. The van der Waals surface area contributed by atoms with Crippen LogP contribution < -0.4 is 0 Å². The Labute approximate surface area is 166 Å². The van der Waals surface area contributed by atoms with Crippen LogP contribution in [0.15, 0.2) is 42.5 Å². The fourth-order valence-electron chi connectivity index (χ4n) is 4.21. The molecule has 0 saturated carbocycles. The molecule has 1 atom stereocenters. The molecule has 1 aliphatic carbocycles. The lowest BCUT2D eigenvalue weighted by molar-refractivity contribution is 0.478. The van der Waals surface area contributed by atoms with Crippen molar-refractivity contribution in [1.82, 2.24) is 0 Å². The summed E-state index contributed by atoms with van der Waals surface area (Å²) < 4.78 is 72.0. The predicted molar refractivity (Wildman–Crippen MR) is 102 cm³/mol. The Morgan fingerprint density at radius 2 is 1.52 bits per heavy atom. The second-order valence-corrected chi connectivity index (χ2v) is 7.46. The average Bonchev–Trinajstić information content (AvgIpc) is 2.68. The van der Waals surface area contributed by atoms with E-state index in [-0.39, 0.29) is 29.5 Å². The first kappa shape index (κ1) is 19.6. The fraction of sp³-hybridized carbons (Fsp3) is 0.250. The highest BCUT2D eigenvalue weighted by Gasteiger charge is 2.29. The van der Waals surface area contributed by atoms with Gasteiger partial charge in [0.2, 0.25) is 0 Å². The summed E-state index contributed by atoms with van der Waals surface area (Å²) in [7, 11) is 0. The Balaban J connectivity index is 1.72. The minimum Gasteiger partial charge on any atom is -0.207 e. The molecule has 0 aliphatic heterocycles. The van der Waals surface area contributed by atoms with E-state index in [1.54, 1.807) is 0 Å². The van der Waals surface area contributed by atoms with Crippen molar-refractivity contribution in [3.05, 3.63) is 93.8 Å². The van der Waals surface area contributed by atoms with Crippen LogP contribution in [0.25, 0.3) is 11.1 Å². The molecule has 0 fully saturated rings. The van der Waals surface area contributed by atoms with Crippen molar-refractivity contribution in [2.45, 2.75) is 38.5 Å². The number of hydrogen-bond acceptors (Lipinski definition) is 0. The lowest BCUT2D eigenvalue weighted by Crippen LogP contribution is -2.18. The minimum absolute atomic E-state index is 0.0173. The van der Waals surface area contributed by atoms with Gasteiger partial charge in [0.1, 0.15) is 29.1 Å². The van der Waals surface area contributed by atoms with Crippen LogP contribution in [0.2, 0.25) is 0 Å². The zero-order valence-electron chi connectivity index (χ0n) is 15.8. The quantitative estimate of drug-likeness (QED) is 0.419. The summed E-state index contributed by atoms with van der Waals surface area (Å²) in [4.78, 5) is 0. The van der Waals surface area contributed by atoms with E-state index in [9.17, 15) is 17.6 Å². The molecule has 1 aliphatic rings. The maximum Gasteiger partial charge on any atom is 0.137 e. The number of halogens is 5. The third-order valence-corrected chi connectivity index (χ3v) is 5.71. The molecular formula is C24H19F5. The first-order chi connectivity index (χ1) is 13.9. The van der Waals surface area contributed by atoms with Crippen LogP contribution in [0, 0.1) is 29.1 Å². The first-order valence-electron chi connectivity index (χ1n) is 9.62. The minimum atomic E-state index is -0.768. The standard InChI is InChI=1S/C24H19F5/c1-2-13-9-19(26)22(20(27)10-13)15-5-8-18-16(11-15)12-21(28)23(24(18)29)14-3-6-17(25)7-4-14/h3-4,6-7,9-10,12,15H,2,5,8,11H2,1H3. The van der Waals surface area contributed by atoms with Gasteiger partial charge in [-0.15, -0.1) is 0 Å². The summed E-state index contributed by atoms with van der Waals surface area (Å²) in [5, 5.41) is 0.